The Labute approximate surface area is 193 Å². The molecule has 2 amide bonds. The number of halogens is 1. The van der Waals surface area contributed by atoms with Gasteiger partial charge in [0.15, 0.2) is 0 Å². The second-order valence-electron chi connectivity index (χ2n) is 8.96. The van der Waals surface area contributed by atoms with Crippen molar-refractivity contribution in [2.75, 3.05) is 19.7 Å². The summed E-state index contributed by atoms with van der Waals surface area (Å²) in [6.45, 7) is 4.94. The molecule has 0 N–H and O–H groups in total. The van der Waals surface area contributed by atoms with E-state index in [1.54, 1.807) is 28.4 Å². The van der Waals surface area contributed by atoms with E-state index >= 15 is 0 Å². The zero-order valence-electron chi connectivity index (χ0n) is 18.8. The molecule has 1 fully saturated rings. The molecule has 0 unspecified atom stereocenters. The van der Waals surface area contributed by atoms with E-state index in [0.29, 0.717) is 18.9 Å². The molecule has 5 nitrogen and oxygen atoms in total. The number of fused-ring (bicyclic) bond motifs is 1. The molecule has 1 aliphatic heterocycles. The van der Waals surface area contributed by atoms with Gasteiger partial charge in [-0.1, -0.05) is 12.8 Å². The second-order valence-corrected chi connectivity index (χ2v) is 9.96. The molecule has 1 aliphatic carbocycles. The van der Waals surface area contributed by atoms with Crippen LogP contribution in [-0.2, 0) is 16.0 Å². The van der Waals surface area contributed by atoms with Gasteiger partial charge in [0, 0.05) is 23.4 Å². The van der Waals surface area contributed by atoms with Gasteiger partial charge in [-0.05, 0) is 74.4 Å². The van der Waals surface area contributed by atoms with Crippen molar-refractivity contribution in [3.8, 4) is 5.75 Å². The Bertz CT molecular complexity index is 937. The number of hydrogen-bond donors (Lipinski definition) is 0. The van der Waals surface area contributed by atoms with Crippen molar-refractivity contribution in [2.24, 2.45) is 5.92 Å². The van der Waals surface area contributed by atoms with Crippen LogP contribution in [0.4, 0.5) is 4.39 Å². The van der Waals surface area contributed by atoms with Crippen LogP contribution in [0.3, 0.4) is 0 Å². The lowest BCUT2D eigenvalue weighted by Crippen LogP contribution is -2.50. The molecule has 1 aromatic carbocycles. The summed E-state index contributed by atoms with van der Waals surface area (Å²) < 4.78 is 19.2. The number of carbonyl (C=O) groups excluding carboxylic acids is 2. The summed E-state index contributed by atoms with van der Waals surface area (Å²) >= 11 is 1.70. The molecular weight excluding hydrogens is 427 g/mol. The fraction of sp³-hybridized carbons (Fsp3) is 0.520. The minimum atomic E-state index is -0.312. The molecule has 7 heteroatoms. The second kappa shape index (κ2) is 10.0. The highest BCUT2D eigenvalue weighted by Crippen LogP contribution is 2.34. The highest BCUT2D eigenvalue weighted by atomic mass is 32.1. The van der Waals surface area contributed by atoms with E-state index in [4.69, 9.17) is 4.74 Å². The number of hydrogen-bond acceptors (Lipinski definition) is 4. The van der Waals surface area contributed by atoms with Crippen LogP contribution in [0.15, 0.2) is 35.7 Å². The van der Waals surface area contributed by atoms with Gasteiger partial charge in [-0.2, -0.15) is 0 Å². The fourth-order valence-electron chi connectivity index (χ4n) is 4.74. The summed E-state index contributed by atoms with van der Waals surface area (Å²) in [5.74, 6) is 0.370. The third-order valence-corrected chi connectivity index (χ3v) is 7.55. The van der Waals surface area contributed by atoms with E-state index in [1.807, 2.05) is 24.1 Å². The molecule has 1 saturated carbocycles. The van der Waals surface area contributed by atoms with Crippen LogP contribution >= 0.6 is 11.3 Å². The Balaban J connectivity index is 1.49. The quantitative estimate of drug-likeness (QED) is 0.598. The lowest BCUT2D eigenvalue weighted by molar-refractivity contribution is -0.146. The highest BCUT2D eigenvalue weighted by molar-refractivity contribution is 7.10. The summed E-state index contributed by atoms with van der Waals surface area (Å²) in [5, 5.41) is 2.05. The van der Waals surface area contributed by atoms with Crippen LogP contribution in [0.25, 0.3) is 0 Å². The van der Waals surface area contributed by atoms with E-state index < -0.39 is 0 Å². The molecule has 32 heavy (non-hydrogen) atoms. The third kappa shape index (κ3) is 4.98. The number of nitrogens with zero attached hydrogens (tertiary/aromatic N) is 2. The van der Waals surface area contributed by atoms with Crippen molar-refractivity contribution in [3.63, 3.8) is 0 Å². The van der Waals surface area contributed by atoms with Gasteiger partial charge in [0.1, 0.15) is 24.7 Å². The Morgan fingerprint density at radius 2 is 1.91 bits per heavy atom. The Morgan fingerprint density at radius 1 is 1.19 bits per heavy atom. The molecular formula is C25H31FN2O3S. The SMILES string of the molecule is CC(C)N(CC(=O)N1CCc2sccc2[C@@H]1COc1ccc(F)cc1)C(=O)C1CCCC1. The van der Waals surface area contributed by atoms with Crippen molar-refractivity contribution >= 4 is 23.2 Å². The molecule has 0 spiro atoms. The van der Waals surface area contributed by atoms with Gasteiger partial charge < -0.3 is 14.5 Å². The van der Waals surface area contributed by atoms with E-state index in [0.717, 1.165) is 37.7 Å². The first-order chi connectivity index (χ1) is 15.4. The average Bonchev–Trinajstić information content (AvgIpc) is 3.48. The van der Waals surface area contributed by atoms with Crippen molar-refractivity contribution in [1.82, 2.24) is 9.80 Å². The summed E-state index contributed by atoms with van der Waals surface area (Å²) in [4.78, 5) is 31.4. The van der Waals surface area contributed by atoms with E-state index in [1.165, 1.54) is 17.0 Å². The third-order valence-electron chi connectivity index (χ3n) is 6.55. The van der Waals surface area contributed by atoms with Gasteiger partial charge in [0.25, 0.3) is 0 Å². The van der Waals surface area contributed by atoms with Gasteiger partial charge >= 0.3 is 0 Å². The van der Waals surface area contributed by atoms with Gasteiger partial charge in [0.05, 0.1) is 6.04 Å². The van der Waals surface area contributed by atoms with Gasteiger partial charge in [-0.25, -0.2) is 4.39 Å². The van der Waals surface area contributed by atoms with Crippen molar-refractivity contribution in [2.45, 2.75) is 58.0 Å². The van der Waals surface area contributed by atoms with Gasteiger partial charge in [0.2, 0.25) is 11.8 Å². The summed E-state index contributed by atoms with van der Waals surface area (Å²) in [6.07, 6.45) is 4.83. The Morgan fingerprint density at radius 3 is 2.59 bits per heavy atom. The lowest BCUT2D eigenvalue weighted by atomic mass is 10.00. The molecule has 1 atom stereocenters. The summed E-state index contributed by atoms with van der Waals surface area (Å²) in [5.41, 5.74) is 1.11. The molecule has 4 rings (SSSR count). The Hall–Kier alpha value is -2.41. The predicted octanol–water partition coefficient (Wildman–Crippen LogP) is 4.82. The topological polar surface area (TPSA) is 49.9 Å². The zero-order chi connectivity index (χ0) is 22.7. The molecule has 2 aromatic rings. The Kier molecular flexibility index (Phi) is 7.13. The molecule has 0 saturated heterocycles. The first kappa shape index (κ1) is 22.8. The molecule has 2 aliphatic rings. The van der Waals surface area contributed by atoms with Crippen LogP contribution in [0.1, 0.15) is 56.0 Å². The number of ether oxygens (including phenoxy) is 1. The maximum atomic E-state index is 13.5. The first-order valence-corrected chi connectivity index (χ1v) is 12.4. The van der Waals surface area contributed by atoms with Crippen LogP contribution < -0.4 is 4.74 Å². The number of amides is 2. The van der Waals surface area contributed by atoms with Crippen LogP contribution in [0.2, 0.25) is 0 Å². The van der Waals surface area contributed by atoms with Crippen LogP contribution in [0.5, 0.6) is 5.75 Å². The standard InChI is InChI=1S/C25H31FN2O3S/c1-17(2)28(25(30)18-5-3-4-6-18)15-24(29)27-13-11-23-21(12-14-32-23)22(27)16-31-20-9-7-19(26)8-10-20/h7-10,12,14,17-18,22H,3-6,11,13,15-16H2,1-2H3/t22-/m0/s1. The lowest BCUT2D eigenvalue weighted by Gasteiger charge is -2.38. The van der Waals surface area contributed by atoms with E-state index in [-0.39, 0.29) is 42.2 Å². The molecule has 2 heterocycles. The van der Waals surface area contributed by atoms with E-state index in [2.05, 4.69) is 6.07 Å². The monoisotopic (exact) mass is 458 g/mol. The normalized spacial score (nSPS) is 18.6. The molecule has 1 aromatic heterocycles. The largest absolute Gasteiger partial charge is 0.491 e. The number of carbonyl (C=O) groups is 2. The van der Waals surface area contributed by atoms with Crippen molar-refractivity contribution in [3.05, 3.63) is 52.0 Å². The number of rotatable bonds is 7. The van der Waals surface area contributed by atoms with Crippen LogP contribution in [-0.4, -0.2) is 47.4 Å². The number of thiophene rings is 1. The smallest absolute Gasteiger partial charge is 0.242 e. The van der Waals surface area contributed by atoms with Gasteiger partial charge in [-0.3, -0.25) is 9.59 Å². The minimum absolute atomic E-state index is 0.0255. The molecule has 0 radical (unpaired) electrons. The summed E-state index contributed by atoms with van der Waals surface area (Å²) in [6, 6.07) is 7.73. The van der Waals surface area contributed by atoms with Crippen molar-refractivity contribution < 1.29 is 18.7 Å². The highest BCUT2D eigenvalue weighted by Gasteiger charge is 2.35. The predicted molar refractivity (Wildman–Crippen MR) is 123 cm³/mol. The number of benzene rings is 1. The maximum absolute atomic E-state index is 13.5. The minimum Gasteiger partial charge on any atom is -0.491 e. The van der Waals surface area contributed by atoms with Crippen LogP contribution in [0, 0.1) is 11.7 Å². The molecule has 172 valence electrons. The average molecular weight is 459 g/mol. The maximum Gasteiger partial charge on any atom is 0.242 e. The zero-order valence-corrected chi connectivity index (χ0v) is 19.6. The fourth-order valence-corrected chi connectivity index (χ4v) is 5.67. The molecule has 0 bridgehead atoms. The first-order valence-electron chi connectivity index (χ1n) is 11.5. The van der Waals surface area contributed by atoms with Gasteiger partial charge in [-0.15, -0.1) is 11.3 Å². The van der Waals surface area contributed by atoms with Crippen molar-refractivity contribution in [1.29, 1.82) is 0 Å². The summed E-state index contributed by atoms with van der Waals surface area (Å²) in [7, 11) is 0. The van der Waals surface area contributed by atoms with E-state index in [9.17, 15) is 14.0 Å².